The molecule has 0 unspecified atom stereocenters. The molecule has 4 aromatic rings. The Bertz CT molecular complexity index is 1380. The second-order valence-electron chi connectivity index (χ2n) is 7.88. The molecule has 2 amide bonds. The first-order chi connectivity index (χ1) is 17.4. The van der Waals surface area contributed by atoms with Crippen LogP contribution in [0.3, 0.4) is 0 Å². The fourth-order valence-electron chi connectivity index (χ4n) is 3.65. The van der Waals surface area contributed by atoms with Crippen molar-refractivity contribution >= 4 is 34.4 Å². The van der Waals surface area contributed by atoms with Crippen molar-refractivity contribution in [2.24, 2.45) is 0 Å². The number of nitrogens with one attached hydrogen (secondary N) is 1. The second kappa shape index (κ2) is 10.8. The maximum absolute atomic E-state index is 12.8. The fraction of sp³-hybridized carbons (Fsp3) is 0.231. The molecule has 0 aliphatic rings. The van der Waals surface area contributed by atoms with Gasteiger partial charge in [0, 0.05) is 41.6 Å². The number of carbonyl (C=O) groups is 2. The summed E-state index contributed by atoms with van der Waals surface area (Å²) in [4.78, 5) is 30.6. The first-order valence-electron chi connectivity index (χ1n) is 11.3. The molecule has 0 aliphatic carbocycles. The van der Waals surface area contributed by atoms with Crippen LogP contribution in [0, 0.1) is 0 Å². The smallest absolute Gasteiger partial charge is 0.413 e. The lowest BCUT2D eigenvalue weighted by Gasteiger charge is -2.17. The van der Waals surface area contributed by atoms with Gasteiger partial charge in [-0.05, 0) is 49.4 Å². The Labute approximate surface area is 208 Å². The Balaban J connectivity index is 1.47. The molecule has 0 radical (unpaired) electrons. The molecule has 10 nitrogen and oxygen atoms in total. The summed E-state index contributed by atoms with van der Waals surface area (Å²) in [6.45, 7) is 2.49. The van der Waals surface area contributed by atoms with Crippen LogP contribution in [0.4, 0.5) is 16.2 Å². The quantitative estimate of drug-likeness (QED) is 0.392. The number of aromatic nitrogens is 3. The number of fused-ring (bicyclic) bond motifs is 1. The lowest BCUT2D eigenvalue weighted by atomic mass is 10.2. The number of amides is 2. The van der Waals surface area contributed by atoms with E-state index in [1.54, 1.807) is 69.4 Å². The van der Waals surface area contributed by atoms with E-state index in [4.69, 9.17) is 14.2 Å². The zero-order valence-electron chi connectivity index (χ0n) is 20.5. The highest BCUT2D eigenvalue weighted by Gasteiger charge is 2.14. The van der Waals surface area contributed by atoms with E-state index in [1.165, 1.54) is 11.1 Å². The van der Waals surface area contributed by atoms with Crippen molar-refractivity contribution in [2.75, 3.05) is 38.1 Å². The van der Waals surface area contributed by atoms with Crippen molar-refractivity contribution in [1.29, 1.82) is 0 Å². The highest BCUT2D eigenvalue weighted by molar-refractivity contribution is 6.05. The lowest BCUT2D eigenvalue weighted by molar-refractivity contribution is 0.102. The highest BCUT2D eigenvalue weighted by Crippen LogP contribution is 2.26. The number of hydrogen-bond donors (Lipinski definition) is 1. The van der Waals surface area contributed by atoms with Gasteiger partial charge in [-0.2, -0.15) is 5.10 Å². The predicted octanol–water partition coefficient (Wildman–Crippen LogP) is 4.34. The van der Waals surface area contributed by atoms with Gasteiger partial charge in [-0.15, -0.1) is 0 Å². The number of pyridine rings is 1. The number of rotatable bonds is 8. The van der Waals surface area contributed by atoms with Gasteiger partial charge in [0.15, 0.2) is 5.65 Å². The molecule has 1 N–H and O–H groups in total. The van der Waals surface area contributed by atoms with Gasteiger partial charge in [-0.1, -0.05) is 0 Å². The second-order valence-corrected chi connectivity index (χ2v) is 7.88. The van der Waals surface area contributed by atoms with E-state index in [1.807, 2.05) is 18.2 Å². The molecule has 0 saturated heterocycles. The summed E-state index contributed by atoms with van der Waals surface area (Å²) >= 11 is 0. The van der Waals surface area contributed by atoms with Gasteiger partial charge >= 0.3 is 6.09 Å². The molecule has 0 spiro atoms. The standard InChI is InChI=1S/C26H27N5O5/c1-5-36-26(33)30(2)21-9-7-20(8-10-21)29-25(32)19-12-18-15-28-31(24(18)27-14-19)16-17-6-11-22(34-3)13-23(17)35-4/h6-15H,5,16H2,1-4H3,(H,29,32). The van der Waals surface area contributed by atoms with Crippen LogP contribution >= 0.6 is 0 Å². The molecule has 36 heavy (non-hydrogen) atoms. The molecular formula is C26H27N5O5. The number of nitrogens with zero attached hydrogens (tertiary/aromatic N) is 4. The van der Waals surface area contributed by atoms with Gasteiger partial charge in [0.25, 0.3) is 5.91 Å². The van der Waals surface area contributed by atoms with Gasteiger partial charge in [0.05, 0.1) is 39.1 Å². The number of ether oxygens (including phenoxy) is 3. The summed E-state index contributed by atoms with van der Waals surface area (Å²) in [7, 11) is 4.83. The van der Waals surface area contributed by atoms with Gasteiger partial charge in [0.1, 0.15) is 11.5 Å². The molecule has 186 valence electrons. The molecule has 2 aromatic carbocycles. The summed E-state index contributed by atoms with van der Waals surface area (Å²) in [5.41, 5.74) is 3.20. The van der Waals surface area contributed by atoms with Gasteiger partial charge in [-0.25, -0.2) is 14.5 Å². The Morgan fingerprint density at radius 1 is 1.03 bits per heavy atom. The summed E-state index contributed by atoms with van der Waals surface area (Å²) in [5, 5.41) is 8.02. The van der Waals surface area contributed by atoms with E-state index in [9.17, 15) is 9.59 Å². The topological polar surface area (TPSA) is 108 Å². The van der Waals surface area contributed by atoms with E-state index >= 15 is 0 Å². The zero-order chi connectivity index (χ0) is 25.7. The molecule has 4 rings (SSSR count). The van der Waals surface area contributed by atoms with Crippen LogP contribution in [-0.4, -0.2) is 54.6 Å². The normalized spacial score (nSPS) is 10.7. The monoisotopic (exact) mass is 489 g/mol. The van der Waals surface area contributed by atoms with Crippen molar-refractivity contribution in [3.05, 3.63) is 72.1 Å². The predicted molar refractivity (Wildman–Crippen MR) is 136 cm³/mol. The van der Waals surface area contributed by atoms with Crippen LogP contribution in [0.1, 0.15) is 22.8 Å². The Kier molecular flexibility index (Phi) is 7.33. The summed E-state index contributed by atoms with van der Waals surface area (Å²) in [6.07, 6.45) is 2.75. The third-order valence-electron chi connectivity index (χ3n) is 5.61. The number of carbonyl (C=O) groups excluding carboxylic acids is 2. The summed E-state index contributed by atoms with van der Waals surface area (Å²) in [5.74, 6) is 1.09. The van der Waals surface area contributed by atoms with E-state index in [0.29, 0.717) is 47.2 Å². The SMILES string of the molecule is CCOC(=O)N(C)c1ccc(NC(=O)c2cnc3c(cnn3Cc3ccc(OC)cc3OC)c2)cc1. The zero-order valence-corrected chi connectivity index (χ0v) is 20.5. The molecule has 0 fully saturated rings. The molecule has 0 saturated carbocycles. The minimum absolute atomic E-state index is 0.296. The van der Waals surface area contributed by atoms with Gasteiger partial charge < -0.3 is 19.5 Å². The molecule has 0 aliphatic heterocycles. The first kappa shape index (κ1) is 24.5. The van der Waals surface area contributed by atoms with Crippen molar-refractivity contribution in [2.45, 2.75) is 13.5 Å². The average Bonchev–Trinajstić information content (AvgIpc) is 3.30. The molecular weight excluding hydrogens is 462 g/mol. The lowest BCUT2D eigenvalue weighted by Crippen LogP contribution is -2.26. The molecule has 0 bridgehead atoms. The largest absolute Gasteiger partial charge is 0.497 e. The third-order valence-corrected chi connectivity index (χ3v) is 5.61. The molecule has 2 heterocycles. The molecule has 2 aromatic heterocycles. The van der Waals surface area contributed by atoms with Crippen LogP contribution < -0.4 is 19.7 Å². The van der Waals surface area contributed by atoms with Crippen LogP contribution in [0.5, 0.6) is 11.5 Å². The molecule has 10 heteroatoms. The van der Waals surface area contributed by atoms with Gasteiger partial charge in [-0.3, -0.25) is 9.69 Å². The minimum Gasteiger partial charge on any atom is -0.497 e. The number of anilines is 2. The van der Waals surface area contributed by atoms with Crippen molar-refractivity contribution in [3.8, 4) is 11.5 Å². The summed E-state index contributed by atoms with van der Waals surface area (Å²) < 4.78 is 17.5. The molecule has 0 atom stereocenters. The van der Waals surface area contributed by atoms with Crippen LogP contribution in [0.25, 0.3) is 11.0 Å². The third kappa shape index (κ3) is 5.22. The minimum atomic E-state index is -0.445. The number of methoxy groups -OCH3 is 2. The van der Waals surface area contributed by atoms with Crippen molar-refractivity contribution in [3.63, 3.8) is 0 Å². The average molecular weight is 490 g/mol. The van der Waals surface area contributed by atoms with E-state index in [2.05, 4.69) is 15.4 Å². The first-order valence-corrected chi connectivity index (χ1v) is 11.3. The maximum atomic E-state index is 12.8. The maximum Gasteiger partial charge on any atom is 0.413 e. The number of hydrogen-bond acceptors (Lipinski definition) is 7. The van der Waals surface area contributed by atoms with Gasteiger partial charge in [0.2, 0.25) is 0 Å². The fourth-order valence-corrected chi connectivity index (χ4v) is 3.65. The Morgan fingerprint density at radius 3 is 2.50 bits per heavy atom. The van der Waals surface area contributed by atoms with Crippen LogP contribution in [0.2, 0.25) is 0 Å². The van der Waals surface area contributed by atoms with E-state index in [-0.39, 0.29) is 5.91 Å². The van der Waals surface area contributed by atoms with Crippen molar-refractivity contribution < 1.29 is 23.8 Å². The van der Waals surface area contributed by atoms with E-state index < -0.39 is 6.09 Å². The number of benzene rings is 2. The summed E-state index contributed by atoms with van der Waals surface area (Å²) in [6, 6.07) is 14.2. The Morgan fingerprint density at radius 2 is 1.81 bits per heavy atom. The Hall–Kier alpha value is -4.60. The van der Waals surface area contributed by atoms with Crippen molar-refractivity contribution in [1.82, 2.24) is 14.8 Å². The highest BCUT2D eigenvalue weighted by atomic mass is 16.6. The van der Waals surface area contributed by atoms with Crippen LogP contribution in [0.15, 0.2) is 60.9 Å². The van der Waals surface area contributed by atoms with Crippen LogP contribution in [-0.2, 0) is 11.3 Å². The van der Waals surface area contributed by atoms with E-state index in [0.717, 1.165) is 10.9 Å².